The number of phosphoric ester groups is 2. The Hall–Kier alpha value is -1.94. The fourth-order valence-electron chi connectivity index (χ4n) is 12.7. The van der Waals surface area contributed by atoms with Crippen LogP contribution in [0.5, 0.6) is 0 Å². The van der Waals surface area contributed by atoms with Crippen molar-refractivity contribution < 1.29 is 80.2 Å². The Kier molecular flexibility index (Phi) is 72.2. The number of carbonyl (C=O) groups is 4. The number of esters is 4. The number of rotatable bonds is 81. The third kappa shape index (κ3) is 76.1. The van der Waals surface area contributed by atoms with Gasteiger partial charge in [0.05, 0.1) is 26.4 Å². The van der Waals surface area contributed by atoms with Crippen LogP contribution >= 0.6 is 15.6 Å². The maximum Gasteiger partial charge on any atom is 0.472 e. The first-order valence-electron chi connectivity index (χ1n) is 42.5. The zero-order chi connectivity index (χ0) is 74.2. The molecule has 19 heteroatoms. The lowest BCUT2D eigenvalue weighted by molar-refractivity contribution is -0.161. The molecule has 0 saturated carbocycles. The summed E-state index contributed by atoms with van der Waals surface area (Å²) in [4.78, 5) is 72.9. The highest BCUT2D eigenvalue weighted by Crippen LogP contribution is 2.45. The number of ether oxygens (including phenoxy) is 4. The Labute approximate surface area is 619 Å². The van der Waals surface area contributed by atoms with Gasteiger partial charge in [0.1, 0.15) is 19.3 Å². The van der Waals surface area contributed by atoms with Gasteiger partial charge in [0.25, 0.3) is 0 Å². The van der Waals surface area contributed by atoms with Crippen LogP contribution in [0.3, 0.4) is 0 Å². The maximum atomic E-state index is 13.1. The molecule has 0 aliphatic rings. The highest BCUT2D eigenvalue weighted by Gasteiger charge is 2.30. The monoisotopic (exact) mass is 1480 g/mol. The lowest BCUT2D eigenvalue weighted by Gasteiger charge is -2.21. The Bertz CT molecular complexity index is 1940. The van der Waals surface area contributed by atoms with Gasteiger partial charge in [0.2, 0.25) is 0 Å². The molecule has 2 unspecified atom stereocenters. The van der Waals surface area contributed by atoms with Crippen LogP contribution in [0, 0.1) is 11.8 Å². The number of aliphatic hydroxyl groups excluding tert-OH is 1. The summed E-state index contributed by atoms with van der Waals surface area (Å²) < 4.78 is 68.6. The second-order valence-electron chi connectivity index (χ2n) is 30.5. The molecule has 600 valence electrons. The van der Waals surface area contributed by atoms with Crippen molar-refractivity contribution in [2.75, 3.05) is 39.6 Å². The van der Waals surface area contributed by atoms with Gasteiger partial charge in [-0.15, -0.1) is 0 Å². The Morgan fingerprint density at radius 3 is 0.673 bits per heavy atom. The van der Waals surface area contributed by atoms with E-state index < -0.39 is 97.5 Å². The molecule has 0 aromatic heterocycles. The van der Waals surface area contributed by atoms with Crippen molar-refractivity contribution in [3.8, 4) is 0 Å². The average molecular weight is 1480 g/mol. The standard InChI is InChI=1S/C82H160O17P2/c1-7-9-11-13-15-16-17-18-19-20-21-22-25-32-37-42-48-54-60-67-82(87)99-78(71-93-80(85)65-59-53-47-41-36-31-26-23-24-29-34-39-45-50-56-62-74(3)4)73-97-101(90,91)95-69-76(83)68-94-100(88,89)96-72-77(70-92-79(84)64-58-52-44-14-12-10-8-2)98-81(86)66-61-55-49-43-38-33-28-27-30-35-40-46-51-57-63-75(5)6/h74-78,83H,7-73H2,1-6H3,(H,88,89)(H,90,91)/t76-,77+,78+/m0/s1. The summed E-state index contributed by atoms with van der Waals surface area (Å²) in [5, 5.41) is 10.6. The van der Waals surface area contributed by atoms with Crippen molar-refractivity contribution >= 4 is 39.5 Å². The normalized spacial score (nSPS) is 13.9. The lowest BCUT2D eigenvalue weighted by atomic mass is 10.0. The molecule has 0 radical (unpaired) electrons. The number of hydrogen-bond acceptors (Lipinski definition) is 15. The first-order valence-corrected chi connectivity index (χ1v) is 45.5. The second kappa shape index (κ2) is 73.6. The zero-order valence-electron chi connectivity index (χ0n) is 66.2. The van der Waals surface area contributed by atoms with Crippen LogP contribution in [0.1, 0.15) is 433 Å². The van der Waals surface area contributed by atoms with E-state index in [2.05, 4.69) is 41.5 Å². The number of phosphoric acid groups is 2. The lowest BCUT2D eigenvalue weighted by Crippen LogP contribution is -2.30. The molecule has 0 aromatic carbocycles. The van der Waals surface area contributed by atoms with Crippen molar-refractivity contribution in [1.29, 1.82) is 0 Å². The molecule has 0 aliphatic heterocycles. The van der Waals surface area contributed by atoms with Gasteiger partial charge >= 0.3 is 39.5 Å². The third-order valence-corrected chi connectivity index (χ3v) is 21.1. The van der Waals surface area contributed by atoms with Crippen LogP contribution in [-0.4, -0.2) is 96.7 Å². The molecule has 101 heavy (non-hydrogen) atoms. The summed E-state index contributed by atoms with van der Waals surface area (Å²) in [6.45, 7) is 9.65. The topological polar surface area (TPSA) is 237 Å². The van der Waals surface area contributed by atoms with Crippen LogP contribution < -0.4 is 0 Å². The molecule has 5 atom stereocenters. The summed E-state index contributed by atoms with van der Waals surface area (Å²) in [7, 11) is -9.92. The van der Waals surface area contributed by atoms with E-state index in [1.165, 1.54) is 238 Å². The molecule has 0 rings (SSSR count). The molecule has 0 aliphatic carbocycles. The molecule has 0 spiro atoms. The molecule has 3 N–H and O–H groups in total. The Balaban J connectivity index is 5.17. The summed E-state index contributed by atoms with van der Waals surface area (Å²) in [5.41, 5.74) is 0. The van der Waals surface area contributed by atoms with Gasteiger partial charge in [-0.3, -0.25) is 37.3 Å². The van der Waals surface area contributed by atoms with Crippen molar-refractivity contribution in [3.63, 3.8) is 0 Å². The van der Waals surface area contributed by atoms with Gasteiger partial charge < -0.3 is 33.8 Å². The van der Waals surface area contributed by atoms with Crippen LogP contribution in [0.25, 0.3) is 0 Å². The molecule has 0 saturated heterocycles. The molecule has 0 amide bonds. The SMILES string of the molecule is CCCCCCCCCCCCCCCCCCCCCC(=O)O[C@H](COC(=O)CCCCCCCCCCCCCCCCCC(C)C)COP(=O)(O)OC[C@@H](O)COP(=O)(O)OC[C@@H](COC(=O)CCCCCCCCC)OC(=O)CCCCCCCCCCCCCCCCC(C)C. The van der Waals surface area contributed by atoms with E-state index in [4.69, 9.17) is 37.0 Å². The number of carbonyl (C=O) groups excluding carboxylic acids is 4. The van der Waals surface area contributed by atoms with Crippen LogP contribution in [0.15, 0.2) is 0 Å². The minimum atomic E-state index is -4.96. The third-order valence-electron chi connectivity index (χ3n) is 19.2. The first kappa shape index (κ1) is 99.1. The highest BCUT2D eigenvalue weighted by molar-refractivity contribution is 7.47. The van der Waals surface area contributed by atoms with Gasteiger partial charge in [-0.1, -0.05) is 382 Å². The van der Waals surface area contributed by atoms with Crippen molar-refractivity contribution in [3.05, 3.63) is 0 Å². The van der Waals surface area contributed by atoms with Crippen molar-refractivity contribution in [1.82, 2.24) is 0 Å². The minimum absolute atomic E-state index is 0.107. The van der Waals surface area contributed by atoms with E-state index in [1.807, 2.05) is 0 Å². The van der Waals surface area contributed by atoms with E-state index in [1.54, 1.807) is 0 Å². The largest absolute Gasteiger partial charge is 0.472 e. The molecule has 0 fully saturated rings. The fraction of sp³-hybridized carbons (Fsp3) is 0.951. The van der Waals surface area contributed by atoms with Crippen molar-refractivity contribution in [2.45, 2.75) is 452 Å². The fourth-order valence-corrected chi connectivity index (χ4v) is 14.3. The zero-order valence-corrected chi connectivity index (χ0v) is 68.0. The predicted octanol–water partition coefficient (Wildman–Crippen LogP) is 24.7. The maximum absolute atomic E-state index is 13.1. The van der Waals surface area contributed by atoms with E-state index in [-0.39, 0.29) is 25.7 Å². The molecule has 0 heterocycles. The summed E-state index contributed by atoms with van der Waals surface area (Å²) in [5.74, 6) is -0.510. The van der Waals surface area contributed by atoms with Gasteiger partial charge in [-0.05, 0) is 37.5 Å². The molecular formula is C82H160O17P2. The molecular weight excluding hydrogens is 1320 g/mol. The van der Waals surface area contributed by atoms with Crippen LogP contribution in [0.4, 0.5) is 0 Å². The minimum Gasteiger partial charge on any atom is -0.462 e. The van der Waals surface area contributed by atoms with Crippen LogP contribution in [0.2, 0.25) is 0 Å². The average Bonchev–Trinajstić information content (AvgIpc) is 1.01. The molecule has 0 bridgehead atoms. The number of aliphatic hydroxyl groups is 1. The summed E-state index contributed by atoms with van der Waals surface area (Å²) in [6, 6.07) is 0. The summed E-state index contributed by atoms with van der Waals surface area (Å²) >= 11 is 0. The quantitative estimate of drug-likeness (QED) is 0.0222. The van der Waals surface area contributed by atoms with Gasteiger partial charge in [0, 0.05) is 25.7 Å². The van der Waals surface area contributed by atoms with Crippen molar-refractivity contribution in [2.24, 2.45) is 11.8 Å². The van der Waals surface area contributed by atoms with E-state index in [0.717, 1.165) is 115 Å². The number of unbranched alkanes of at least 4 members (excludes halogenated alkanes) is 51. The van der Waals surface area contributed by atoms with E-state index in [0.29, 0.717) is 25.7 Å². The Morgan fingerprint density at radius 2 is 0.455 bits per heavy atom. The molecule has 0 aromatic rings. The summed E-state index contributed by atoms with van der Waals surface area (Å²) in [6.07, 6.45) is 64.0. The van der Waals surface area contributed by atoms with Gasteiger partial charge in [-0.25, -0.2) is 9.13 Å². The van der Waals surface area contributed by atoms with Gasteiger partial charge in [-0.2, -0.15) is 0 Å². The molecule has 17 nitrogen and oxygen atoms in total. The first-order chi connectivity index (χ1) is 48.9. The highest BCUT2D eigenvalue weighted by atomic mass is 31.2. The van der Waals surface area contributed by atoms with Crippen LogP contribution in [-0.2, 0) is 65.4 Å². The Morgan fingerprint density at radius 1 is 0.267 bits per heavy atom. The second-order valence-corrected chi connectivity index (χ2v) is 33.4. The number of hydrogen-bond donors (Lipinski definition) is 3. The van der Waals surface area contributed by atoms with E-state index >= 15 is 0 Å². The van der Waals surface area contributed by atoms with E-state index in [9.17, 15) is 43.2 Å². The van der Waals surface area contributed by atoms with Gasteiger partial charge in [0.15, 0.2) is 12.2 Å². The predicted molar refractivity (Wildman–Crippen MR) is 414 cm³/mol. The smallest absolute Gasteiger partial charge is 0.462 e.